The average Bonchev–Trinajstić information content (AvgIpc) is 2.36. The maximum atomic E-state index is 12.2. The zero-order valence-electron chi connectivity index (χ0n) is 14.4. The molecule has 0 aliphatic heterocycles. The summed E-state index contributed by atoms with van der Waals surface area (Å²) in [5.41, 5.74) is 3.88. The van der Waals surface area contributed by atoms with E-state index in [0.717, 1.165) is 19.3 Å². The number of rotatable bonds is 4. The van der Waals surface area contributed by atoms with E-state index < -0.39 is 34.7 Å². The molecule has 0 radical (unpaired) electrons. The lowest BCUT2D eigenvalue weighted by Gasteiger charge is -2.51. The van der Waals surface area contributed by atoms with Crippen LogP contribution in [0.25, 0.3) is 0 Å². The van der Waals surface area contributed by atoms with Crippen LogP contribution in [-0.4, -0.2) is 34.4 Å². The molecular weight excluding hydrogens is 284 g/mol. The van der Waals surface area contributed by atoms with Crippen molar-refractivity contribution in [3.8, 4) is 0 Å². The standard InChI is InChI=1S/C16H30N2O4/c1-14(2,3)22-13(21)18-16(9-7-6-8-10-16)15(4,5)11(17)12(19)20/h11H,6-10,17H2,1-5H3,(H,18,21)(H,19,20). The van der Waals surface area contributed by atoms with Crippen LogP contribution < -0.4 is 11.1 Å². The maximum absolute atomic E-state index is 12.2. The van der Waals surface area contributed by atoms with Gasteiger partial charge in [-0.3, -0.25) is 4.79 Å². The molecule has 0 heterocycles. The molecule has 1 aliphatic carbocycles. The van der Waals surface area contributed by atoms with Crippen LogP contribution in [0.1, 0.15) is 66.7 Å². The van der Waals surface area contributed by atoms with Crippen molar-refractivity contribution in [2.24, 2.45) is 11.1 Å². The Labute approximate surface area is 132 Å². The van der Waals surface area contributed by atoms with Gasteiger partial charge in [-0.1, -0.05) is 33.1 Å². The molecule has 1 atom stereocenters. The largest absolute Gasteiger partial charge is 0.480 e. The van der Waals surface area contributed by atoms with Crippen molar-refractivity contribution in [2.75, 3.05) is 0 Å². The lowest BCUT2D eigenvalue weighted by Crippen LogP contribution is -2.66. The summed E-state index contributed by atoms with van der Waals surface area (Å²) >= 11 is 0. The number of carboxylic acids is 1. The van der Waals surface area contributed by atoms with Gasteiger partial charge < -0.3 is 20.9 Å². The van der Waals surface area contributed by atoms with E-state index in [0.29, 0.717) is 12.8 Å². The number of hydrogen-bond acceptors (Lipinski definition) is 4. The number of nitrogens with one attached hydrogen (secondary N) is 1. The number of nitrogens with two attached hydrogens (primary N) is 1. The number of aliphatic carboxylic acids is 1. The van der Waals surface area contributed by atoms with Gasteiger partial charge in [-0.15, -0.1) is 0 Å². The van der Waals surface area contributed by atoms with Gasteiger partial charge in [0.15, 0.2) is 0 Å². The van der Waals surface area contributed by atoms with Crippen molar-refractivity contribution in [3.63, 3.8) is 0 Å². The van der Waals surface area contributed by atoms with Gasteiger partial charge in [0.2, 0.25) is 0 Å². The topological polar surface area (TPSA) is 102 Å². The molecule has 4 N–H and O–H groups in total. The predicted molar refractivity (Wildman–Crippen MR) is 84.6 cm³/mol. The Balaban J connectivity index is 3.05. The van der Waals surface area contributed by atoms with Crippen molar-refractivity contribution in [2.45, 2.75) is 83.9 Å². The monoisotopic (exact) mass is 314 g/mol. The minimum Gasteiger partial charge on any atom is -0.480 e. The number of carboxylic acid groups (broad SMARTS) is 1. The summed E-state index contributed by atoms with van der Waals surface area (Å²) in [5.74, 6) is -1.05. The molecule has 1 saturated carbocycles. The van der Waals surface area contributed by atoms with Gasteiger partial charge in [-0.2, -0.15) is 0 Å². The third-order valence-corrected chi connectivity index (χ3v) is 4.72. The zero-order valence-corrected chi connectivity index (χ0v) is 14.4. The number of carbonyl (C=O) groups excluding carboxylic acids is 1. The molecule has 1 amide bonds. The van der Waals surface area contributed by atoms with Gasteiger partial charge in [0.05, 0.1) is 5.54 Å². The Morgan fingerprint density at radius 2 is 1.64 bits per heavy atom. The van der Waals surface area contributed by atoms with Gasteiger partial charge >= 0.3 is 12.1 Å². The van der Waals surface area contributed by atoms with Crippen molar-refractivity contribution in [1.82, 2.24) is 5.32 Å². The Morgan fingerprint density at radius 1 is 1.14 bits per heavy atom. The molecule has 1 unspecified atom stereocenters. The minimum absolute atomic E-state index is 0.514. The van der Waals surface area contributed by atoms with E-state index in [-0.39, 0.29) is 0 Å². The molecule has 1 fully saturated rings. The molecule has 128 valence electrons. The second-order valence-electron chi connectivity index (χ2n) is 7.81. The number of amides is 1. The molecule has 0 bridgehead atoms. The second kappa shape index (κ2) is 6.44. The molecule has 1 rings (SSSR count). The number of alkyl carbamates (subject to hydrolysis) is 1. The van der Waals surface area contributed by atoms with Crippen molar-refractivity contribution in [1.29, 1.82) is 0 Å². The Morgan fingerprint density at radius 3 is 2.05 bits per heavy atom. The zero-order chi connectivity index (χ0) is 17.2. The normalized spacial score (nSPS) is 20.1. The second-order valence-corrected chi connectivity index (χ2v) is 7.81. The molecule has 22 heavy (non-hydrogen) atoms. The first-order chi connectivity index (χ1) is 9.91. The summed E-state index contributed by atoms with van der Waals surface area (Å²) in [5, 5.41) is 12.3. The van der Waals surface area contributed by atoms with Crippen LogP contribution in [0.3, 0.4) is 0 Å². The van der Waals surface area contributed by atoms with Crippen LogP contribution in [0, 0.1) is 5.41 Å². The van der Waals surface area contributed by atoms with Crippen molar-refractivity contribution in [3.05, 3.63) is 0 Å². The van der Waals surface area contributed by atoms with Crippen LogP contribution >= 0.6 is 0 Å². The fraction of sp³-hybridized carbons (Fsp3) is 0.875. The first-order valence-corrected chi connectivity index (χ1v) is 7.91. The smallest absolute Gasteiger partial charge is 0.408 e. The molecule has 0 saturated heterocycles. The van der Waals surface area contributed by atoms with E-state index in [2.05, 4.69) is 5.32 Å². The summed E-state index contributed by atoms with van der Waals surface area (Å²) in [7, 11) is 0. The van der Waals surface area contributed by atoms with Crippen LogP contribution in [0.4, 0.5) is 4.79 Å². The molecule has 0 aromatic rings. The minimum atomic E-state index is -1.06. The van der Waals surface area contributed by atoms with Gasteiger partial charge in [0, 0.05) is 5.41 Å². The molecule has 1 aliphatic rings. The lowest BCUT2D eigenvalue weighted by molar-refractivity contribution is -0.143. The highest BCUT2D eigenvalue weighted by Gasteiger charge is 2.52. The molecule has 0 spiro atoms. The van der Waals surface area contributed by atoms with Gasteiger partial charge in [-0.25, -0.2) is 4.79 Å². The van der Waals surface area contributed by atoms with Gasteiger partial charge in [-0.05, 0) is 33.6 Å². The van der Waals surface area contributed by atoms with E-state index in [4.69, 9.17) is 10.5 Å². The molecule has 6 nitrogen and oxygen atoms in total. The van der Waals surface area contributed by atoms with Crippen molar-refractivity contribution >= 4 is 12.1 Å². The Hall–Kier alpha value is -1.30. The van der Waals surface area contributed by atoms with E-state index in [1.165, 1.54) is 0 Å². The summed E-state index contributed by atoms with van der Waals surface area (Å²) in [4.78, 5) is 23.6. The maximum Gasteiger partial charge on any atom is 0.408 e. The highest BCUT2D eigenvalue weighted by molar-refractivity contribution is 5.75. The molecular formula is C16H30N2O4. The number of carbonyl (C=O) groups is 2. The van der Waals surface area contributed by atoms with E-state index in [1.54, 1.807) is 20.8 Å². The first-order valence-electron chi connectivity index (χ1n) is 7.91. The lowest BCUT2D eigenvalue weighted by atomic mass is 9.61. The van der Waals surface area contributed by atoms with Gasteiger partial charge in [0.25, 0.3) is 0 Å². The quantitative estimate of drug-likeness (QED) is 0.740. The SMILES string of the molecule is CC(C)(C)OC(=O)NC1(C(C)(C)C(N)C(=O)O)CCCCC1. The number of hydrogen-bond donors (Lipinski definition) is 3. The summed E-state index contributed by atoms with van der Waals surface area (Å²) in [6, 6.07) is -1.06. The van der Waals surface area contributed by atoms with E-state index in [1.807, 2.05) is 13.8 Å². The van der Waals surface area contributed by atoms with Crippen LogP contribution in [0.2, 0.25) is 0 Å². The van der Waals surface area contributed by atoms with Gasteiger partial charge in [0.1, 0.15) is 11.6 Å². The third kappa shape index (κ3) is 4.12. The molecule has 6 heteroatoms. The summed E-state index contributed by atoms with van der Waals surface area (Å²) in [6.07, 6.45) is 3.85. The summed E-state index contributed by atoms with van der Waals surface area (Å²) < 4.78 is 5.36. The Bertz CT molecular complexity index is 420. The molecule has 0 aromatic carbocycles. The number of ether oxygens (including phenoxy) is 1. The fourth-order valence-electron chi connectivity index (χ4n) is 3.19. The fourth-order valence-corrected chi connectivity index (χ4v) is 3.19. The van der Waals surface area contributed by atoms with Crippen LogP contribution in [-0.2, 0) is 9.53 Å². The van der Waals surface area contributed by atoms with E-state index >= 15 is 0 Å². The predicted octanol–water partition coefficient (Wildman–Crippen LogP) is 2.65. The summed E-state index contributed by atoms with van der Waals surface area (Å²) in [6.45, 7) is 9.03. The third-order valence-electron chi connectivity index (χ3n) is 4.72. The van der Waals surface area contributed by atoms with E-state index in [9.17, 15) is 14.7 Å². The average molecular weight is 314 g/mol. The van der Waals surface area contributed by atoms with Crippen molar-refractivity contribution < 1.29 is 19.4 Å². The van der Waals surface area contributed by atoms with Crippen LogP contribution in [0.15, 0.2) is 0 Å². The van der Waals surface area contributed by atoms with Crippen LogP contribution in [0.5, 0.6) is 0 Å². The Kier molecular flexibility index (Phi) is 5.49. The highest BCUT2D eigenvalue weighted by atomic mass is 16.6. The highest BCUT2D eigenvalue weighted by Crippen LogP contribution is 2.44. The molecule has 0 aromatic heterocycles. The first kappa shape index (κ1) is 18.7.